The molecule has 0 bridgehead atoms. The second kappa shape index (κ2) is 11.8. The summed E-state index contributed by atoms with van der Waals surface area (Å²) in [4.78, 5) is 3.87. The molecule has 0 amide bonds. The summed E-state index contributed by atoms with van der Waals surface area (Å²) in [5.41, 5.74) is 1.86. The van der Waals surface area contributed by atoms with Crippen molar-refractivity contribution in [3.05, 3.63) is 95.0 Å². The van der Waals surface area contributed by atoms with Crippen molar-refractivity contribution in [1.29, 1.82) is 10.5 Å². The lowest BCUT2D eigenvalue weighted by atomic mass is 10.1. The Morgan fingerprint density at radius 3 is 1.94 bits per heavy atom. The summed E-state index contributed by atoms with van der Waals surface area (Å²) >= 11 is 9.95. The lowest BCUT2D eigenvalue weighted by Crippen LogP contribution is -1.97. The van der Waals surface area contributed by atoms with E-state index >= 15 is 0 Å². The Bertz CT molecular complexity index is 1460. The van der Waals surface area contributed by atoms with E-state index in [1.54, 1.807) is 55.9 Å². The highest BCUT2D eigenvalue weighted by Crippen LogP contribution is 2.45. The maximum atomic E-state index is 9.61. The van der Waals surface area contributed by atoms with Gasteiger partial charge in [-0.2, -0.15) is 10.5 Å². The van der Waals surface area contributed by atoms with Gasteiger partial charge in [-0.15, -0.1) is 0 Å². The Morgan fingerprint density at radius 2 is 1.39 bits per heavy atom. The molecule has 0 saturated carbocycles. The van der Waals surface area contributed by atoms with E-state index in [1.165, 1.54) is 0 Å². The molecule has 0 aliphatic carbocycles. The van der Waals surface area contributed by atoms with Crippen LogP contribution < -0.4 is 14.8 Å². The molecule has 0 saturated heterocycles. The van der Waals surface area contributed by atoms with Gasteiger partial charge in [0.1, 0.15) is 23.6 Å². The second-order valence-electron chi connectivity index (χ2n) is 7.42. The Labute approximate surface area is 223 Å². The minimum atomic E-state index is 0.289. The van der Waals surface area contributed by atoms with Crippen molar-refractivity contribution < 1.29 is 9.47 Å². The summed E-state index contributed by atoms with van der Waals surface area (Å²) in [5.74, 6) is 1.56. The molecule has 4 rings (SSSR count). The molecule has 0 aliphatic heterocycles. The summed E-state index contributed by atoms with van der Waals surface area (Å²) in [5, 5.41) is 22.8. The number of rotatable bonds is 8. The van der Waals surface area contributed by atoms with Crippen LogP contribution in [0.15, 0.2) is 98.4 Å². The van der Waals surface area contributed by atoms with Crippen LogP contribution in [0.25, 0.3) is 0 Å². The van der Waals surface area contributed by atoms with Gasteiger partial charge in [0.25, 0.3) is 0 Å². The van der Waals surface area contributed by atoms with E-state index in [2.05, 4.69) is 17.5 Å². The SMILES string of the molecule is COc1ccc(Sc2cc(Nc3cccc(C#N)c3C#N)cc(Cl)c2Sc2ccc(OC)cc2)cc1. The number of ether oxygens (including phenoxy) is 2. The minimum Gasteiger partial charge on any atom is -0.497 e. The third-order valence-electron chi connectivity index (χ3n) is 5.15. The van der Waals surface area contributed by atoms with Gasteiger partial charge in [-0.1, -0.05) is 41.2 Å². The molecule has 1 N–H and O–H groups in total. The predicted octanol–water partition coefficient (Wildman–Crippen LogP) is 8.15. The Balaban J connectivity index is 1.74. The van der Waals surface area contributed by atoms with E-state index in [-0.39, 0.29) is 5.56 Å². The van der Waals surface area contributed by atoms with Gasteiger partial charge in [0.15, 0.2) is 0 Å². The van der Waals surface area contributed by atoms with Gasteiger partial charge >= 0.3 is 0 Å². The van der Waals surface area contributed by atoms with E-state index in [0.717, 1.165) is 31.1 Å². The molecule has 0 fully saturated rings. The summed E-state index contributed by atoms with van der Waals surface area (Å²) in [6.07, 6.45) is 0. The van der Waals surface area contributed by atoms with E-state index in [4.69, 9.17) is 21.1 Å². The molecule has 8 heteroatoms. The zero-order chi connectivity index (χ0) is 25.5. The zero-order valence-electron chi connectivity index (χ0n) is 19.4. The van der Waals surface area contributed by atoms with Gasteiger partial charge in [-0.05, 0) is 72.8 Å². The smallest absolute Gasteiger partial charge is 0.118 e. The van der Waals surface area contributed by atoms with Crippen LogP contribution in [0.3, 0.4) is 0 Å². The maximum absolute atomic E-state index is 9.61. The van der Waals surface area contributed by atoms with Gasteiger partial charge in [-0.25, -0.2) is 0 Å². The minimum absolute atomic E-state index is 0.289. The van der Waals surface area contributed by atoms with Crippen molar-refractivity contribution in [2.24, 2.45) is 0 Å². The van der Waals surface area contributed by atoms with E-state index in [9.17, 15) is 10.5 Å². The van der Waals surface area contributed by atoms with Crippen molar-refractivity contribution in [1.82, 2.24) is 0 Å². The van der Waals surface area contributed by atoms with Crippen LogP contribution in [0, 0.1) is 22.7 Å². The summed E-state index contributed by atoms with van der Waals surface area (Å²) < 4.78 is 10.6. The predicted molar refractivity (Wildman–Crippen MR) is 145 cm³/mol. The number of benzene rings is 4. The van der Waals surface area contributed by atoms with Gasteiger partial charge < -0.3 is 14.8 Å². The summed E-state index contributed by atoms with van der Waals surface area (Å²) in [6.45, 7) is 0. The highest BCUT2D eigenvalue weighted by Gasteiger charge is 2.15. The molecule has 5 nitrogen and oxygen atoms in total. The highest BCUT2D eigenvalue weighted by molar-refractivity contribution is 8.02. The van der Waals surface area contributed by atoms with Crippen molar-refractivity contribution in [2.45, 2.75) is 19.6 Å². The lowest BCUT2D eigenvalue weighted by Gasteiger charge is -2.16. The average Bonchev–Trinajstić information content (AvgIpc) is 2.91. The fourth-order valence-corrected chi connectivity index (χ4v) is 5.75. The number of nitrogens with zero attached hydrogens (tertiary/aromatic N) is 2. The van der Waals surface area contributed by atoms with E-state index in [1.807, 2.05) is 60.7 Å². The largest absolute Gasteiger partial charge is 0.497 e. The molecule has 0 spiro atoms. The molecular weight excluding hydrogens is 510 g/mol. The standard InChI is InChI=1S/C28H20ClN3O2S2/c1-33-20-6-10-22(11-7-20)35-27-15-19(32-26-5-3-4-18(16-30)24(26)17-31)14-25(29)28(27)36-23-12-8-21(34-2)9-13-23/h3-15,32H,1-2H3. The van der Waals surface area contributed by atoms with E-state index < -0.39 is 0 Å². The van der Waals surface area contributed by atoms with Crippen molar-refractivity contribution in [2.75, 3.05) is 19.5 Å². The first-order valence-corrected chi connectivity index (χ1v) is 12.7. The van der Waals surface area contributed by atoms with Crippen molar-refractivity contribution >= 4 is 46.5 Å². The van der Waals surface area contributed by atoms with Crippen LogP contribution >= 0.6 is 35.1 Å². The van der Waals surface area contributed by atoms with Gasteiger partial charge in [-0.3, -0.25) is 0 Å². The van der Waals surface area contributed by atoms with Gasteiger partial charge in [0.05, 0.1) is 36.1 Å². The molecule has 0 atom stereocenters. The van der Waals surface area contributed by atoms with E-state index in [0.29, 0.717) is 22.0 Å². The molecule has 0 heterocycles. The van der Waals surface area contributed by atoms with Crippen LogP contribution in [-0.4, -0.2) is 14.2 Å². The molecule has 0 radical (unpaired) electrons. The molecule has 0 unspecified atom stereocenters. The Kier molecular flexibility index (Phi) is 8.30. The topological polar surface area (TPSA) is 78.1 Å². The van der Waals surface area contributed by atoms with Gasteiger partial charge in [0, 0.05) is 25.3 Å². The van der Waals surface area contributed by atoms with Crippen molar-refractivity contribution in [3.8, 4) is 23.6 Å². The van der Waals surface area contributed by atoms with Crippen LogP contribution in [0.1, 0.15) is 11.1 Å². The summed E-state index contributed by atoms with van der Waals surface area (Å²) in [6, 6.07) is 28.7. The molecule has 178 valence electrons. The number of nitrogens with one attached hydrogen (secondary N) is 1. The molecule has 4 aromatic carbocycles. The first kappa shape index (κ1) is 25.3. The van der Waals surface area contributed by atoms with Crippen LogP contribution in [0.5, 0.6) is 11.5 Å². The first-order valence-electron chi connectivity index (χ1n) is 10.7. The van der Waals surface area contributed by atoms with Gasteiger partial charge in [0.2, 0.25) is 0 Å². The second-order valence-corrected chi connectivity index (χ2v) is 10.0. The molecular formula is C28H20ClN3O2S2. The molecule has 36 heavy (non-hydrogen) atoms. The maximum Gasteiger partial charge on any atom is 0.118 e. The molecule has 0 aliphatic rings. The normalized spacial score (nSPS) is 10.2. The number of anilines is 2. The number of halogens is 1. The molecule has 0 aromatic heterocycles. The number of methoxy groups -OCH3 is 2. The monoisotopic (exact) mass is 529 g/mol. The number of hydrogen-bond donors (Lipinski definition) is 1. The van der Waals surface area contributed by atoms with Crippen molar-refractivity contribution in [3.63, 3.8) is 0 Å². The first-order chi connectivity index (χ1) is 17.5. The zero-order valence-corrected chi connectivity index (χ0v) is 21.8. The quantitative estimate of drug-likeness (QED) is 0.246. The third kappa shape index (κ3) is 5.90. The fraction of sp³-hybridized carbons (Fsp3) is 0.0714. The number of nitriles is 2. The highest BCUT2D eigenvalue weighted by atomic mass is 35.5. The lowest BCUT2D eigenvalue weighted by molar-refractivity contribution is 0.414. The van der Waals surface area contributed by atoms with Crippen LogP contribution in [0.4, 0.5) is 11.4 Å². The number of hydrogen-bond acceptors (Lipinski definition) is 7. The average molecular weight is 530 g/mol. The molecule has 4 aromatic rings. The fourth-order valence-electron chi connectivity index (χ4n) is 3.37. The summed E-state index contributed by atoms with van der Waals surface area (Å²) in [7, 11) is 3.27. The van der Waals surface area contributed by atoms with Crippen LogP contribution in [0.2, 0.25) is 5.02 Å². The van der Waals surface area contributed by atoms with Crippen LogP contribution in [-0.2, 0) is 0 Å². The Hall–Kier alpha value is -3.75. The third-order valence-corrected chi connectivity index (χ3v) is 7.89. The Morgan fingerprint density at radius 1 is 0.778 bits per heavy atom.